The van der Waals surface area contributed by atoms with Crippen LogP contribution in [-0.2, 0) is 0 Å². The first-order chi connectivity index (χ1) is 8.36. The van der Waals surface area contributed by atoms with Crippen LogP contribution in [0.1, 0.15) is 46.6 Å². The predicted molar refractivity (Wildman–Crippen MR) is 67.0 cm³/mol. The van der Waals surface area contributed by atoms with Crippen LogP contribution in [-0.4, -0.2) is 5.11 Å². The second-order valence-electron chi connectivity index (χ2n) is 5.10. The Morgan fingerprint density at radius 1 is 0.765 bits per heavy atom. The summed E-state index contributed by atoms with van der Waals surface area (Å²) in [6, 6.07) is 16.9. The van der Waals surface area contributed by atoms with Crippen LogP contribution in [0.2, 0.25) is 0 Å². The van der Waals surface area contributed by atoms with Gasteiger partial charge in [0.15, 0.2) is 0 Å². The smallest absolute Gasteiger partial charge is 0.0861 e. The highest BCUT2D eigenvalue weighted by Crippen LogP contribution is 2.55. The van der Waals surface area contributed by atoms with Gasteiger partial charge in [-0.15, -0.1) is 0 Å². The molecular weight excluding hydrogens is 208 g/mol. The fourth-order valence-electron chi connectivity index (χ4n) is 3.58. The van der Waals surface area contributed by atoms with Gasteiger partial charge < -0.3 is 5.11 Å². The van der Waals surface area contributed by atoms with Crippen LogP contribution < -0.4 is 0 Å². The van der Waals surface area contributed by atoms with Crippen molar-refractivity contribution in [3.63, 3.8) is 0 Å². The van der Waals surface area contributed by atoms with Gasteiger partial charge in [0.2, 0.25) is 0 Å². The second kappa shape index (κ2) is 3.21. The van der Waals surface area contributed by atoms with Crippen molar-refractivity contribution in [3.8, 4) is 0 Å². The quantitative estimate of drug-likeness (QED) is 0.724. The Bertz CT molecular complexity index is 588. The molecule has 1 nitrogen and oxygen atoms in total. The molecule has 2 aliphatic rings. The average Bonchev–Trinajstić information content (AvgIpc) is 2.73. The number of aliphatic hydroxyl groups is 1. The number of fused-ring (bicyclic) bond motifs is 7. The Morgan fingerprint density at radius 2 is 1.29 bits per heavy atom. The van der Waals surface area contributed by atoms with Crippen LogP contribution in [0.15, 0.2) is 48.5 Å². The Balaban J connectivity index is 2.01. The fourth-order valence-corrected chi connectivity index (χ4v) is 3.58. The second-order valence-corrected chi connectivity index (χ2v) is 5.10. The monoisotopic (exact) mass is 222 g/mol. The van der Waals surface area contributed by atoms with Crippen LogP contribution in [0.25, 0.3) is 0 Å². The zero-order valence-corrected chi connectivity index (χ0v) is 9.51. The van der Waals surface area contributed by atoms with Crippen LogP contribution >= 0.6 is 0 Å². The zero-order chi connectivity index (χ0) is 11.4. The van der Waals surface area contributed by atoms with E-state index in [0.29, 0.717) is 11.8 Å². The van der Waals surface area contributed by atoms with Gasteiger partial charge in [-0.2, -0.15) is 0 Å². The molecule has 3 atom stereocenters. The lowest BCUT2D eigenvalue weighted by Gasteiger charge is -2.28. The summed E-state index contributed by atoms with van der Waals surface area (Å²) < 4.78 is 0. The molecule has 0 spiro atoms. The van der Waals surface area contributed by atoms with E-state index in [2.05, 4.69) is 42.5 Å². The highest BCUT2D eigenvalue weighted by atomic mass is 16.3. The summed E-state index contributed by atoms with van der Waals surface area (Å²) in [7, 11) is 0. The van der Waals surface area contributed by atoms with Crippen LogP contribution in [0.4, 0.5) is 0 Å². The molecule has 2 aromatic rings. The fraction of sp³-hybridized carbons (Fsp3) is 0.250. The largest absolute Gasteiger partial charge is 0.388 e. The highest BCUT2D eigenvalue weighted by molar-refractivity contribution is 5.52. The molecule has 84 valence electrons. The molecule has 0 saturated heterocycles. The van der Waals surface area contributed by atoms with Gasteiger partial charge in [0, 0.05) is 11.8 Å². The van der Waals surface area contributed by atoms with Gasteiger partial charge in [-0.25, -0.2) is 0 Å². The maximum atomic E-state index is 10.5. The van der Waals surface area contributed by atoms with Crippen molar-refractivity contribution >= 4 is 0 Å². The lowest BCUT2D eigenvalue weighted by molar-refractivity contribution is 0.135. The molecule has 0 aliphatic heterocycles. The first-order valence-electron chi connectivity index (χ1n) is 6.22. The molecule has 4 rings (SSSR count). The first-order valence-corrected chi connectivity index (χ1v) is 6.22. The molecule has 17 heavy (non-hydrogen) atoms. The highest BCUT2D eigenvalue weighted by Gasteiger charge is 2.42. The molecule has 0 fully saturated rings. The molecule has 2 bridgehead atoms. The molecule has 0 unspecified atom stereocenters. The predicted octanol–water partition coefficient (Wildman–Crippen LogP) is 3.35. The summed E-state index contributed by atoms with van der Waals surface area (Å²) in [6.07, 6.45) is 0.739. The Hall–Kier alpha value is -1.60. The van der Waals surface area contributed by atoms with Crippen molar-refractivity contribution in [2.24, 2.45) is 0 Å². The van der Waals surface area contributed by atoms with Gasteiger partial charge >= 0.3 is 0 Å². The van der Waals surface area contributed by atoms with Gasteiger partial charge in [-0.1, -0.05) is 48.5 Å². The maximum absolute atomic E-state index is 10.5. The number of aliphatic hydroxyl groups excluding tert-OH is 1. The van der Waals surface area contributed by atoms with Crippen molar-refractivity contribution in [2.45, 2.75) is 24.4 Å². The van der Waals surface area contributed by atoms with E-state index in [-0.39, 0.29) is 6.10 Å². The van der Waals surface area contributed by atoms with E-state index >= 15 is 0 Å². The Morgan fingerprint density at radius 3 is 2.00 bits per heavy atom. The molecule has 0 aromatic heterocycles. The summed E-state index contributed by atoms with van der Waals surface area (Å²) in [5, 5.41) is 10.5. The van der Waals surface area contributed by atoms with Gasteiger partial charge in [0.25, 0.3) is 0 Å². The SMILES string of the molecule is O[C@H]1c2ccccc2[C@@H]2C[C@H]1c1ccccc12. The third-order valence-electron chi connectivity index (χ3n) is 4.33. The Labute approximate surface area is 101 Å². The van der Waals surface area contributed by atoms with E-state index in [4.69, 9.17) is 0 Å². The van der Waals surface area contributed by atoms with E-state index < -0.39 is 0 Å². The normalized spacial score (nSPS) is 28.6. The number of rotatable bonds is 0. The zero-order valence-electron chi connectivity index (χ0n) is 9.51. The van der Waals surface area contributed by atoms with Crippen LogP contribution in [0, 0.1) is 0 Å². The van der Waals surface area contributed by atoms with Crippen molar-refractivity contribution in [1.82, 2.24) is 0 Å². The minimum atomic E-state index is -0.328. The molecular formula is C16H14O. The molecule has 0 radical (unpaired) electrons. The number of hydrogen-bond donors (Lipinski definition) is 1. The topological polar surface area (TPSA) is 20.2 Å². The number of benzene rings is 2. The molecule has 2 aromatic carbocycles. The summed E-state index contributed by atoms with van der Waals surface area (Å²) in [5.41, 5.74) is 5.22. The molecule has 0 saturated carbocycles. The molecule has 0 heterocycles. The van der Waals surface area contributed by atoms with Crippen molar-refractivity contribution in [2.75, 3.05) is 0 Å². The maximum Gasteiger partial charge on any atom is 0.0861 e. The van der Waals surface area contributed by atoms with E-state index in [1.54, 1.807) is 0 Å². The van der Waals surface area contributed by atoms with E-state index in [9.17, 15) is 5.11 Å². The third kappa shape index (κ3) is 1.12. The average molecular weight is 222 g/mol. The van der Waals surface area contributed by atoms with Gasteiger partial charge in [-0.3, -0.25) is 0 Å². The van der Waals surface area contributed by atoms with E-state index in [1.165, 1.54) is 16.7 Å². The standard InChI is InChI=1S/C16H14O/c17-16-13-8-4-3-7-12(13)14-9-15(16)11-6-2-1-5-10(11)14/h1-8,14-17H,9H2/t14-,15+,16+/m1/s1. The lowest BCUT2D eigenvalue weighted by Crippen LogP contribution is -2.15. The van der Waals surface area contributed by atoms with Crippen molar-refractivity contribution < 1.29 is 5.11 Å². The minimum Gasteiger partial charge on any atom is -0.388 e. The molecule has 1 N–H and O–H groups in total. The summed E-state index contributed by atoms with van der Waals surface area (Å²) in [4.78, 5) is 0. The van der Waals surface area contributed by atoms with Gasteiger partial charge in [-0.05, 0) is 28.7 Å². The van der Waals surface area contributed by atoms with E-state index in [1.807, 2.05) is 6.07 Å². The Kier molecular flexibility index (Phi) is 1.78. The van der Waals surface area contributed by atoms with Gasteiger partial charge in [0.05, 0.1) is 6.10 Å². The molecule has 2 aliphatic carbocycles. The van der Waals surface area contributed by atoms with E-state index in [0.717, 1.165) is 12.0 Å². The summed E-state index contributed by atoms with van der Waals surface area (Å²) in [6.45, 7) is 0. The first kappa shape index (κ1) is 9.43. The third-order valence-corrected chi connectivity index (χ3v) is 4.33. The molecule has 0 amide bonds. The molecule has 1 heteroatoms. The number of hydrogen-bond acceptors (Lipinski definition) is 1. The lowest BCUT2D eigenvalue weighted by atomic mass is 9.79. The summed E-state index contributed by atoms with van der Waals surface area (Å²) in [5.74, 6) is 0.793. The summed E-state index contributed by atoms with van der Waals surface area (Å²) >= 11 is 0. The van der Waals surface area contributed by atoms with Crippen molar-refractivity contribution in [3.05, 3.63) is 70.8 Å². The van der Waals surface area contributed by atoms with Crippen LogP contribution in [0.3, 0.4) is 0 Å². The van der Waals surface area contributed by atoms with Crippen LogP contribution in [0.5, 0.6) is 0 Å². The van der Waals surface area contributed by atoms with Gasteiger partial charge in [0.1, 0.15) is 0 Å². The minimum absolute atomic E-state index is 0.297. The van der Waals surface area contributed by atoms with Crippen molar-refractivity contribution in [1.29, 1.82) is 0 Å².